The number of nitrogens with zero attached hydrogens (tertiary/aromatic N) is 3. The minimum atomic E-state index is 0.633. The summed E-state index contributed by atoms with van der Waals surface area (Å²) >= 11 is 3.57. The fourth-order valence-electron chi connectivity index (χ4n) is 2.40. The maximum atomic E-state index is 9.27. The Morgan fingerprint density at radius 3 is 2.67 bits per heavy atom. The van der Waals surface area contributed by atoms with Gasteiger partial charge in [0.2, 0.25) is 0 Å². The number of para-hydroxylation sites is 1. The molecule has 0 atom stereocenters. The fraction of sp³-hybridized carbons (Fsp3) is 0.0588. The van der Waals surface area contributed by atoms with Gasteiger partial charge in [0.05, 0.1) is 11.3 Å². The van der Waals surface area contributed by atoms with Crippen molar-refractivity contribution < 1.29 is 0 Å². The van der Waals surface area contributed by atoms with Crippen molar-refractivity contribution in [1.82, 2.24) is 4.98 Å². The minimum Gasteiger partial charge on any atom is -0.328 e. The molecule has 0 amide bonds. The van der Waals surface area contributed by atoms with Gasteiger partial charge in [-0.1, -0.05) is 40.2 Å². The van der Waals surface area contributed by atoms with Crippen molar-refractivity contribution in [2.45, 2.75) is 0 Å². The summed E-state index contributed by atoms with van der Waals surface area (Å²) in [5.41, 5.74) is 1.48. The second kappa shape index (κ2) is 5.55. The quantitative estimate of drug-likeness (QED) is 0.684. The Bertz CT molecular complexity index is 852. The number of aromatic nitrogens is 1. The minimum absolute atomic E-state index is 0.633. The molecule has 0 radical (unpaired) electrons. The van der Waals surface area contributed by atoms with Gasteiger partial charge in [-0.2, -0.15) is 5.26 Å². The summed E-state index contributed by atoms with van der Waals surface area (Å²) < 4.78 is 1.03. The Hall–Kier alpha value is -2.38. The normalized spacial score (nSPS) is 10.3. The number of nitriles is 1. The lowest BCUT2D eigenvalue weighted by molar-refractivity contribution is 1.14. The number of rotatable bonds is 2. The van der Waals surface area contributed by atoms with Crippen molar-refractivity contribution in [3.8, 4) is 6.07 Å². The van der Waals surface area contributed by atoms with Crippen molar-refractivity contribution in [2.75, 3.05) is 11.9 Å². The third-order valence-corrected chi connectivity index (χ3v) is 4.13. The van der Waals surface area contributed by atoms with Crippen LogP contribution in [0.25, 0.3) is 10.8 Å². The zero-order chi connectivity index (χ0) is 14.8. The Balaban J connectivity index is 2.21. The first kappa shape index (κ1) is 13.6. The number of fused-ring (bicyclic) bond motifs is 1. The average molecular weight is 338 g/mol. The highest BCUT2D eigenvalue weighted by molar-refractivity contribution is 9.10. The topological polar surface area (TPSA) is 39.9 Å². The lowest BCUT2D eigenvalue weighted by atomic mass is 10.1. The number of hydrogen-bond donors (Lipinski definition) is 0. The van der Waals surface area contributed by atoms with Gasteiger partial charge in [-0.05, 0) is 24.3 Å². The second-order valence-corrected chi connectivity index (χ2v) is 5.51. The number of pyridine rings is 1. The molecule has 102 valence electrons. The van der Waals surface area contributed by atoms with E-state index in [1.54, 1.807) is 6.20 Å². The van der Waals surface area contributed by atoms with Crippen LogP contribution >= 0.6 is 15.9 Å². The summed E-state index contributed by atoms with van der Waals surface area (Å²) in [6.45, 7) is 0. The second-order valence-electron chi connectivity index (χ2n) is 4.66. The standard InChI is InChI=1S/C17H12BrN3/c1-21(16-8-3-2-5-12(16)11-19)17-14-6-4-7-15(18)13(14)9-10-20-17/h2-10H,1H3. The zero-order valence-corrected chi connectivity index (χ0v) is 13.0. The van der Waals surface area contributed by atoms with Crippen molar-refractivity contribution >= 4 is 38.2 Å². The van der Waals surface area contributed by atoms with Crippen molar-refractivity contribution in [3.63, 3.8) is 0 Å². The van der Waals surface area contributed by atoms with Crippen LogP contribution in [0.4, 0.5) is 11.5 Å². The summed E-state index contributed by atoms with van der Waals surface area (Å²) in [5.74, 6) is 0.830. The Morgan fingerprint density at radius 1 is 1.05 bits per heavy atom. The summed E-state index contributed by atoms with van der Waals surface area (Å²) in [6.07, 6.45) is 1.79. The molecule has 0 fully saturated rings. The molecule has 0 unspecified atom stereocenters. The van der Waals surface area contributed by atoms with Gasteiger partial charge in [-0.3, -0.25) is 0 Å². The lowest BCUT2D eigenvalue weighted by Crippen LogP contribution is -2.13. The van der Waals surface area contributed by atoms with Crippen LogP contribution in [0.1, 0.15) is 5.56 Å². The molecule has 4 heteroatoms. The van der Waals surface area contributed by atoms with E-state index in [1.807, 2.05) is 60.5 Å². The number of benzene rings is 2. The molecule has 1 heterocycles. The first-order chi connectivity index (χ1) is 10.2. The van der Waals surface area contributed by atoms with Crippen molar-refractivity contribution in [2.24, 2.45) is 0 Å². The van der Waals surface area contributed by atoms with E-state index in [2.05, 4.69) is 27.0 Å². The van der Waals surface area contributed by atoms with Gasteiger partial charge in [0.25, 0.3) is 0 Å². The molecular formula is C17H12BrN3. The van der Waals surface area contributed by atoms with Crippen molar-refractivity contribution in [1.29, 1.82) is 5.26 Å². The lowest BCUT2D eigenvalue weighted by Gasteiger charge is -2.21. The van der Waals surface area contributed by atoms with Crippen LogP contribution in [0, 0.1) is 11.3 Å². The zero-order valence-electron chi connectivity index (χ0n) is 11.4. The average Bonchev–Trinajstić information content (AvgIpc) is 2.54. The van der Waals surface area contributed by atoms with Gasteiger partial charge in [0.15, 0.2) is 0 Å². The molecule has 2 aromatic carbocycles. The molecule has 3 rings (SSSR count). The first-order valence-electron chi connectivity index (χ1n) is 6.48. The molecule has 3 nitrogen and oxygen atoms in total. The van der Waals surface area contributed by atoms with Crippen LogP contribution in [-0.4, -0.2) is 12.0 Å². The monoisotopic (exact) mass is 337 g/mol. The van der Waals surface area contributed by atoms with Gasteiger partial charge in [-0.25, -0.2) is 4.98 Å². The highest BCUT2D eigenvalue weighted by Gasteiger charge is 2.13. The third-order valence-electron chi connectivity index (χ3n) is 3.44. The van der Waals surface area contributed by atoms with E-state index in [1.165, 1.54) is 0 Å². The van der Waals surface area contributed by atoms with Gasteiger partial charge >= 0.3 is 0 Å². The molecule has 0 N–H and O–H groups in total. The summed E-state index contributed by atoms with van der Waals surface area (Å²) in [4.78, 5) is 6.45. The Labute approximate surface area is 131 Å². The molecule has 0 bridgehead atoms. The Morgan fingerprint density at radius 2 is 1.86 bits per heavy atom. The highest BCUT2D eigenvalue weighted by Crippen LogP contribution is 2.33. The first-order valence-corrected chi connectivity index (χ1v) is 7.28. The molecule has 0 aliphatic rings. The summed E-state index contributed by atoms with van der Waals surface area (Å²) in [5, 5.41) is 11.4. The predicted molar refractivity (Wildman–Crippen MR) is 88.7 cm³/mol. The fourth-order valence-corrected chi connectivity index (χ4v) is 2.89. The van der Waals surface area contributed by atoms with E-state index in [-0.39, 0.29) is 0 Å². The molecule has 3 aromatic rings. The van der Waals surface area contributed by atoms with Gasteiger partial charge < -0.3 is 4.90 Å². The van der Waals surface area contributed by atoms with Crippen LogP contribution in [0.15, 0.2) is 59.2 Å². The highest BCUT2D eigenvalue weighted by atomic mass is 79.9. The number of hydrogen-bond acceptors (Lipinski definition) is 3. The predicted octanol–water partition coefficient (Wildman–Crippen LogP) is 4.64. The number of halogens is 1. The van der Waals surface area contributed by atoms with Crippen LogP contribution in [0.5, 0.6) is 0 Å². The van der Waals surface area contributed by atoms with Crippen LogP contribution in [0.3, 0.4) is 0 Å². The molecule has 0 spiro atoms. The van der Waals surface area contributed by atoms with Gasteiger partial charge in [0.1, 0.15) is 11.9 Å². The SMILES string of the molecule is CN(c1ccccc1C#N)c1nccc2c(Br)cccc12. The molecule has 0 saturated heterocycles. The van der Waals surface area contributed by atoms with Crippen LogP contribution in [0.2, 0.25) is 0 Å². The van der Waals surface area contributed by atoms with E-state index < -0.39 is 0 Å². The number of anilines is 2. The van der Waals surface area contributed by atoms with Crippen molar-refractivity contribution in [3.05, 3.63) is 64.8 Å². The molecular weight excluding hydrogens is 326 g/mol. The summed E-state index contributed by atoms with van der Waals surface area (Å²) in [6, 6.07) is 17.8. The summed E-state index contributed by atoms with van der Waals surface area (Å²) in [7, 11) is 1.93. The molecule has 0 saturated carbocycles. The third kappa shape index (κ3) is 2.37. The van der Waals surface area contributed by atoms with E-state index in [0.29, 0.717) is 5.56 Å². The van der Waals surface area contributed by atoms with E-state index in [9.17, 15) is 5.26 Å². The smallest absolute Gasteiger partial charge is 0.140 e. The Kier molecular flexibility index (Phi) is 3.59. The largest absolute Gasteiger partial charge is 0.328 e. The molecule has 0 aliphatic heterocycles. The maximum Gasteiger partial charge on any atom is 0.140 e. The van der Waals surface area contributed by atoms with E-state index in [4.69, 9.17) is 0 Å². The molecule has 21 heavy (non-hydrogen) atoms. The maximum absolute atomic E-state index is 9.27. The van der Waals surface area contributed by atoms with Gasteiger partial charge in [0, 0.05) is 28.5 Å². The molecule has 0 aliphatic carbocycles. The molecule has 1 aromatic heterocycles. The van der Waals surface area contributed by atoms with Crippen LogP contribution in [-0.2, 0) is 0 Å². The van der Waals surface area contributed by atoms with Gasteiger partial charge in [-0.15, -0.1) is 0 Å². The van der Waals surface area contributed by atoms with E-state index in [0.717, 1.165) is 26.8 Å². The van der Waals surface area contributed by atoms with E-state index >= 15 is 0 Å². The van der Waals surface area contributed by atoms with Crippen LogP contribution < -0.4 is 4.90 Å².